The maximum absolute atomic E-state index is 10.8. The van der Waals surface area contributed by atoms with Gasteiger partial charge in [0.15, 0.2) is 0 Å². The summed E-state index contributed by atoms with van der Waals surface area (Å²) < 4.78 is 0. The molecule has 0 amide bonds. The van der Waals surface area contributed by atoms with E-state index in [9.17, 15) is 5.11 Å². The first-order chi connectivity index (χ1) is 8.15. The van der Waals surface area contributed by atoms with Crippen molar-refractivity contribution in [3.8, 4) is 0 Å². The van der Waals surface area contributed by atoms with Gasteiger partial charge in [0.05, 0.1) is 6.04 Å². The van der Waals surface area contributed by atoms with Gasteiger partial charge in [-0.25, -0.2) is 0 Å². The normalized spacial score (nSPS) is 13.4. The smallest absolute Gasteiger partial charge is 0.131 e. The van der Waals surface area contributed by atoms with Crippen LogP contribution in [0, 0.1) is 0 Å². The zero-order valence-electron chi connectivity index (χ0n) is 9.80. The third-order valence-electron chi connectivity index (χ3n) is 3.05. The van der Waals surface area contributed by atoms with E-state index in [-0.39, 0.29) is 0 Å². The largest absolute Gasteiger partial charge is 0.379 e. The molecule has 0 bridgehead atoms. The van der Waals surface area contributed by atoms with Crippen LogP contribution >= 0.6 is 0 Å². The quantitative estimate of drug-likeness (QED) is 0.859. The molecule has 2 aromatic rings. The van der Waals surface area contributed by atoms with Crippen LogP contribution in [0.4, 0.5) is 0 Å². The highest BCUT2D eigenvalue weighted by atomic mass is 16.3. The van der Waals surface area contributed by atoms with Crippen molar-refractivity contribution in [2.45, 2.75) is 18.6 Å². The van der Waals surface area contributed by atoms with Crippen molar-refractivity contribution in [1.29, 1.82) is 0 Å². The van der Waals surface area contributed by atoms with Gasteiger partial charge in [-0.3, -0.25) is 5.73 Å². The lowest BCUT2D eigenvalue weighted by atomic mass is 9.81. The molecule has 0 unspecified atom stereocenters. The topological polar surface area (TPSA) is 44.0 Å². The summed E-state index contributed by atoms with van der Waals surface area (Å²) in [6, 6.07) is 18.1. The molecule has 0 aliphatic rings. The Kier molecular flexibility index (Phi) is 3.27. The molecule has 2 heteroatoms. The van der Waals surface area contributed by atoms with E-state index in [2.05, 4.69) is 0 Å². The van der Waals surface area contributed by atoms with Crippen LogP contribution in [0.25, 0.3) is 0 Å². The summed E-state index contributed by atoms with van der Waals surface area (Å²) in [5.41, 5.74) is 8.23. The molecule has 2 N–H and O–H groups in total. The van der Waals surface area contributed by atoms with Crippen molar-refractivity contribution in [3.63, 3.8) is 0 Å². The Labute approximate surface area is 102 Å². The molecule has 17 heavy (non-hydrogen) atoms. The Balaban J connectivity index is 2.55. The lowest BCUT2D eigenvalue weighted by molar-refractivity contribution is 0.0553. The zero-order chi connectivity index (χ0) is 12.3. The first kappa shape index (κ1) is 11.8. The highest BCUT2D eigenvalue weighted by Gasteiger charge is 2.35. The van der Waals surface area contributed by atoms with Crippen molar-refractivity contribution in [1.82, 2.24) is 5.73 Å². The van der Waals surface area contributed by atoms with E-state index in [0.717, 1.165) is 11.1 Å². The molecule has 0 spiro atoms. The zero-order valence-corrected chi connectivity index (χ0v) is 9.80. The second-order valence-corrected chi connectivity index (χ2v) is 4.22. The summed E-state index contributed by atoms with van der Waals surface area (Å²) in [5.74, 6) is 0. The fourth-order valence-electron chi connectivity index (χ4n) is 2.05. The number of aliphatic hydroxyl groups is 1. The third-order valence-corrected chi connectivity index (χ3v) is 3.05. The number of benzene rings is 2. The van der Waals surface area contributed by atoms with Gasteiger partial charge in [-0.2, -0.15) is 0 Å². The highest BCUT2D eigenvalue weighted by molar-refractivity contribution is 5.37. The molecule has 0 aromatic heterocycles. The molecule has 0 fully saturated rings. The predicted molar refractivity (Wildman–Crippen MR) is 68.4 cm³/mol. The predicted octanol–water partition coefficient (Wildman–Crippen LogP) is 2.59. The number of hydrogen-bond acceptors (Lipinski definition) is 1. The molecule has 1 atom stereocenters. The summed E-state index contributed by atoms with van der Waals surface area (Å²) in [7, 11) is 0. The van der Waals surface area contributed by atoms with Gasteiger partial charge in [-0.15, -0.1) is 0 Å². The van der Waals surface area contributed by atoms with E-state index in [4.69, 9.17) is 5.73 Å². The second kappa shape index (κ2) is 4.70. The fraction of sp³-hybridized carbons (Fsp3) is 0.200. The van der Waals surface area contributed by atoms with Crippen LogP contribution in [0.5, 0.6) is 0 Å². The van der Waals surface area contributed by atoms with Crippen molar-refractivity contribution < 1.29 is 5.11 Å². The van der Waals surface area contributed by atoms with Crippen LogP contribution in [0.2, 0.25) is 0 Å². The van der Waals surface area contributed by atoms with Gasteiger partial charge in [-0.1, -0.05) is 60.7 Å². The molecule has 2 nitrogen and oxygen atoms in total. The maximum atomic E-state index is 10.8. The Morgan fingerprint density at radius 1 is 0.882 bits per heavy atom. The summed E-state index contributed by atoms with van der Waals surface area (Å²) in [6.45, 7) is 1.71. The Morgan fingerprint density at radius 2 is 1.24 bits per heavy atom. The lowest BCUT2D eigenvalue weighted by Crippen LogP contribution is -2.39. The molecule has 0 saturated carbocycles. The van der Waals surface area contributed by atoms with Gasteiger partial charge < -0.3 is 5.11 Å². The van der Waals surface area contributed by atoms with E-state index < -0.39 is 11.6 Å². The van der Waals surface area contributed by atoms with Crippen molar-refractivity contribution in [3.05, 3.63) is 71.8 Å². The summed E-state index contributed by atoms with van der Waals surface area (Å²) in [5, 5.41) is 10.8. The molecule has 1 radical (unpaired) electrons. The van der Waals surface area contributed by atoms with Crippen LogP contribution in [0.15, 0.2) is 60.7 Å². The Bertz CT molecular complexity index is 425. The van der Waals surface area contributed by atoms with Gasteiger partial charge in [-0.05, 0) is 18.1 Å². The number of rotatable bonds is 3. The van der Waals surface area contributed by atoms with E-state index in [1.165, 1.54) is 0 Å². The summed E-state index contributed by atoms with van der Waals surface area (Å²) in [6.07, 6.45) is 0. The second-order valence-electron chi connectivity index (χ2n) is 4.22. The van der Waals surface area contributed by atoms with Gasteiger partial charge in [0.25, 0.3) is 0 Å². The Hall–Kier alpha value is -1.64. The van der Waals surface area contributed by atoms with Gasteiger partial charge >= 0.3 is 0 Å². The van der Waals surface area contributed by atoms with Crippen LogP contribution in [0.3, 0.4) is 0 Å². The first-order valence-corrected chi connectivity index (χ1v) is 5.70. The van der Waals surface area contributed by atoms with E-state index >= 15 is 0 Å². The minimum Gasteiger partial charge on any atom is -0.379 e. The van der Waals surface area contributed by atoms with Gasteiger partial charge in [0, 0.05) is 0 Å². The van der Waals surface area contributed by atoms with Crippen molar-refractivity contribution in [2.75, 3.05) is 0 Å². The van der Waals surface area contributed by atoms with Crippen molar-refractivity contribution in [2.24, 2.45) is 0 Å². The van der Waals surface area contributed by atoms with Gasteiger partial charge in [0.2, 0.25) is 0 Å². The first-order valence-electron chi connectivity index (χ1n) is 5.70. The molecule has 0 heterocycles. The summed E-state index contributed by atoms with van der Waals surface area (Å²) >= 11 is 0. The molecule has 87 valence electrons. The standard InChI is InChI=1S/C15H16NO/c1-12(16)15(17,13-8-4-2-5-9-13)14-10-6-3-7-11-14/h2-12,16-17H,1H3/t12-/m0/s1. The van der Waals surface area contributed by atoms with Crippen LogP contribution in [-0.4, -0.2) is 11.1 Å². The Morgan fingerprint density at radius 3 is 1.53 bits per heavy atom. The SMILES string of the molecule is C[C@H]([NH])C(O)(c1ccccc1)c1ccccc1. The monoisotopic (exact) mass is 226 g/mol. The molecule has 0 aliphatic carbocycles. The maximum Gasteiger partial charge on any atom is 0.131 e. The molecular formula is C15H16NO. The molecule has 0 aliphatic heterocycles. The highest BCUT2D eigenvalue weighted by Crippen LogP contribution is 2.32. The third kappa shape index (κ3) is 2.09. The fourth-order valence-corrected chi connectivity index (χ4v) is 2.05. The van der Waals surface area contributed by atoms with E-state index in [0.29, 0.717) is 0 Å². The van der Waals surface area contributed by atoms with Crippen LogP contribution in [-0.2, 0) is 5.60 Å². The van der Waals surface area contributed by atoms with E-state index in [1.54, 1.807) is 6.92 Å². The average Bonchev–Trinajstić information content (AvgIpc) is 2.39. The minimum absolute atomic E-state index is 0.632. The van der Waals surface area contributed by atoms with E-state index in [1.807, 2.05) is 60.7 Å². The molecular weight excluding hydrogens is 210 g/mol. The molecule has 0 saturated heterocycles. The van der Waals surface area contributed by atoms with Crippen LogP contribution < -0.4 is 5.73 Å². The summed E-state index contributed by atoms with van der Waals surface area (Å²) in [4.78, 5) is 0. The number of nitrogens with one attached hydrogen (secondary N) is 1. The molecule has 2 aromatic carbocycles. The minimum atomic E-state index is -1.25. The number of hydrogen-bond donors (Lipinski definition) is 1. The lowest BCUT2D eigenvalue weighted by Gasteiger charge is -2.32. The van der Waals surface area contributed by atoms with Crippen LogP contribution in [0.1, 0.15) is 18.1 Å². The van der Waals surface area contributed by atoms with Gasteiger partial charge in [0.1, 0.15) is 5.60 Å². The average molecular weight is 226 g/mol. The van der Waals surface area contributed by atoms with Crippen molar-refractivity contribution >= 4 is 0 Å². The molecule has 2 rings (SSSR count).